The quantitative estimate of drug-likeness (QED) is 0.529. The highest BCUT2D eigenvalue weighted by Gasteiger charge is 1.97. The maximum atomic E-state index is 5.47. The van der Waals surface area contributed by atoms with Gasteiger partial charge in [-0.25, -0.2) is 4.98 Å². The molecule has 0 aliphatic heterocycles. The molecule has 0 radical (unpaired) electrons. The molecule has 1 rings (SSSR count). The van der Waals surface area contributed by atoms with Gasteiger partial charge in [-0.2, -0.15) is 0 Å². The van der Waals surface area contributed by atoms with Crippen LogP contribution in [0.1, 0.15) is 5.56 Å². The van der Waals surface area contributed by atoms with Crippen molar-refractivity contribution in [3.8, 4) is 0 Å². The van der Waals surface area contributed by atoms with Crippen LogP contribution in [0.4, 0.5) is 5.82 Å². The van der Waals surface area contributed by atoms with Crippen molar-refractivity contribution in [1.82, 2.24) is 4.98 Å². The fraction of sp³-hybridized carbons (Fsp3) is 0.455. The monoisotopic (exact) mass is 255 g/mol. The molecule has 1 heterocycles. The zero-order chi connectivity index (χ0) is 12.5. The largest absolute Gasteiger partial charge is 0.389 e. The fourth-order valence-corrected chi connectivity index (χ4v) is 1.26. The highest BCUT2D eigenvalue weighted by Crippen LogP contribution is 2.04. The van der Waals surface area contributed by atoms with Gasteiger partial charge in [-0.05, 0) is 12.1 Å². The molecular formula is C11H17N3O2S. The second kappa shape index (κ2) is 7.94. The summed E-state index contributed by atoms with van der Waals surface area (Å²) in [5.74, 6) is 0.778. The number of hydrogen-bond donors (Lipinski definition) is 2. The SMILES string of the molecule is COCCOCCNc1ccc(C(N)=S)cn1. The Labute approximate surface area is 106 Å². The first kappa shape index (κ1) is 13.8. The topological polar surface area (TPSA) is 69.4 Å². The molecular weight excluding hydrogens is 238 g/mol. The molecule has 0 saturated heterocycles. The van der Waals surface area contributed by atoms with Crippen LogP contribution in [-0.4, -0.2) is 43.4 Å². The summed E-state index contributed by atoms with van der Waals surface area (Å²) in [6.07, 6.45) is 1.65. The molecule has 0 amide bonds. The van der Waals surface area contributed by atoms with Gasteiger partial charge in [0.1, 0.15) is 10.8 Å². The Bertz CT molecular complexity index is 343. The highest BCUT2D eigenvalue weighted by atomic mass is 32.1. The van der Waals surface area contributed by atoms with Gasteiger partial charge >= 0.3 is 0 Å². The number of aromatic nitrogens is 1. The summed E-state index contributed by atoms with van der Waals surface area (Å²) in [6, 6.07) is 3.67. The maximum Gasteiger partial charge on any atom is 0.125 e. The Morgan fingerprint density at radius 1 is 1.41 bits per heavy atom. The van der Waals surface area contributed by atoms with Crippen LogP contribution in [0, 0.1) is 0 Å². The second-order valence-electron chi connectivity index (χ2n) is 3.33. The van der Waals surface area contributed by atoms with E-state index in [-0.39, 0.29) is 0 Å². The van der Waals surface area contributed by atoms with Crippen LogP contribution in [0.25, 0.3) is 0 Å². The molecule has 0 saturated carbocycles. The van der Waals surface area contributed by atoms with E-state index < -0.39 is 0 Å². The van der Waals surface area contributed by atoms with Crippen molar-refractivity contribution in [2.24, 2.45) is 5.73 Å². The van der Waals surface area contributed by atoms with E-state index >= 15 is 0 Å². The average molecular weight is 255 g/mol. The van der Waals surface area contributed by atoms with Gasteiger partial charge in [0.05, 0.1) is 19.8 Å². The normalized spacial score (nSPS) is 10.2. The number of nitrogens with two attached hydrogens (primary N) is 1. The number of methoxy groups -OCH3 is 1. The standard InChI is InChI=1S/C11H17N3O2S/c1-15-6-7-16-5-4-13-10-3-2-9(8-14-10)11(12)17/h2-3,8H,4-7H2,1H3,(H2,12,17)(H,13,14). The van der Waals surface area contributed by atoms with Gasteiger partial charge in [-0.1, -0.05) is 12.2 Å². The first-order valence-corrected chi connectivity index (χ1v) is 5.71. The third kappa shape index (κ3) is 5.58. The third-order valence-corrected chi connectivity index (χ3v) is 2.27. The van der Waals surface area contributed by atoms with Crippen molar-refractivity contribution < 1.29 is 9.47 Å². The Morgan fingerprint density at radius 2 is 2.24 bits per heavy atom. The van der Waals surface area contributed by atoms with Crippen LogP contribution >= 0.6 is 12.2 Å². The van der Waals surface area contributed by atoms with Crippen LogP contribution in [0.2, 0.25) is 0 Å². The number of nitrogens with zero attached hydrogens (tertiary/aromatic N) is 1. The van der Waals surface area contributed by atoms with Crippen molar-refractivity contribution in [3.05, 3.63) is 23.9 Å². The maximum absolute atomic E-state index is 5.47. The lowest BCUT2D eigenvalue weighted by Gasteiger charge is -2.06. The molecule has 0 atom stereocenters. The number of ether oxygens (including phenoxy) is 2. The predicted octanol–water partition coefficient (Wildman–Crippen LogP) is 0.791. The fourth-order valence-electron chi connectivity index (χ4n) is 1.14. The molecule has 94 valence electrons. The molecule has 17 heavy (non-hydrogen) atoms. The molecule has 0 spiro atoms. The summed E-state index contributed by atoms with van der Waals surface area (Å²) in [4.78, 5) is 4.53. The van der Waals surface area contributed by atoms with Gasteiger partial charge in [0.15, 0.2) is 0 Å². The number of hydrogen-bond acceptors (Lipinski definition) is 5. The van der Waals surface area contributed by atoms with E-state index in [1.54, 1.807) is 13.3 Å². The van der Waals surface area contributed by atoms with E-state index in [9.17, 15) is 0 Å². The van der Waals surface area contributed by atoms with Crippen LogP contribution in [0.3, 0.4) is 0 Å². The third-order valence-electron chi connectivity index (χ3n) is 2.03. The molecule has 1 aromatic rings. The van der Waals surface area contributed by atoms with Crippen LogP contribution in [-0.2, 0) is 9.47 Å². The molecule has 0 bridgehead atoms. The minimum absolute atomic E-state index is 0.354. The summed E-state index contributed by atoms with van der Waals surface area (Å²) in [7, 11) is 1.65. The van der Waals surface area contributed by atoms with E-state index in [2.05, 4.69) is 10.3 Å². The van der Waals surface area contributed by atoms with Gasteiger partial charge in [0.25, 0.3) is 0 Å². The summed E-state index contributed by atoms with van der Waals surface area (Å²) in [5, 5.41) is 3.13. The minimum atomic E-state index is 0.354. The van der Waals surface area contributed by atoms with Crippen molar-refractivity contribution in [2.75, 3.05) is 38.8 Å². The van der Waals surface area contributed by atoms with Gasteiger partial charge in [0.2, 0.25) is 0 Å². The smallest absolute Gasteiger partial charge is 0.125 e. The number of thiocarbonyl (C=S) groups is 1. The van der Waals surface area contributed by atoms with Gasteiger partial charge in [-0.15, -0.1) is 0 Å². The Kier molecular flexibility index (Phi) is 6.46. The zero-order valence-corrected chi connectivity index (χ0v) is 10.6. The second-order valence-corrected chi connectivity index (χ2v) is 3.77. The molecule has 0 aliphatic carbocycles. The van der Waals surface area contributed by atoms with Crippen molar-refractivity contribution in [1.29, 1.82) is 0 Å². The Hall–Kier alpha value is -1.24. The lowest BCUT2D eigenvalue weighted by atomic mass is 10.3. The molecule has 1 aromatic heterocycles. The summed E-state index contributed by atoms with van der Waals surface area (Å²) >= 11 is 4.84. The van der Waals surface area contributed by atoms with Gasteiger partial charge < -0.3 is 20.5 Å². The Morgan fingerprint density at radius 3 is 2.82 bits per heavy atom. The summed E-state index contributed by atoms with van der Waals surface area (Å²) in [5.41, 5.74) is 6.24. The first-order chi connectivity index (χ1) is 8.24. The highest BCUT2D eigenvalue weighted by molar-refractivity contribution is 7.80. The van der Waals surface area contributed by atoms with Gasteiger partial charge in [0, 0.05) is 25.4 Å². The molecule has 0 fully saturated rings. The molecule has 3 N–H and O–H groups in total. The number of pyridine rings is 1. The average Bonchev–Trinajstić information content (AvgIpc) is 2.34. The number of rotatable bonds is 8. The van der Waals surface area contributed by atoms with Crippen molar-refractivity contribution in [2.45, 2.75) is 0 Å². The van der Waals surface area contributed by atoms with E-state index in [0.29, 0.717) is 31.4 Å². The molecule has 0 aliphatic rings. The minimum Gasteiger partial charge on any atom is -0.389 e. The zero-order valence-electron chi connectivity index (χ0n) is 9.81. The molecule has 6 heteroatoms. The number of nitrogens with one attached hydrogen (secondary N) is 1. The van der Waals surface area contributed by atoms with E-state index in [0.717, 1.165) is 11.4 Å². The summed E-state index contributed by atoms with van der Waals surface area (Å²) < 4.78 is 10.2. The van der Waals surface area contributed by atoms with E-state index in [1.807, 2.05) is 12.1 Å². The van der Waals surface area contributed by atoms with Crippen molar-refractivity contribution >= 4 is 23.0 Å². The van der Waals surface area contributed by atoms with Crippen molar-refractivity contribution in [3.63, 3.8) is 0 Å². The predicted molar refractivity (Wildman–Crippen MR) is 71.3 cm³/mol. The molecule has 5 nitrogen and oxygen atoms in total. The van der Waals surface area contributed by atoms with Gasteiger partial charge in [-0.3, -0.25) is 0 Å². The first-order valence-electron chi connectivity index (χ1n) is 5.30. The van der Waals surface area contributed by atoms with E-state index in [1.165, 1.54) is 0 Å². The number of anilines is 1. The summed E-state index contributed by atoms with van der Waals surface area (Å²) in [6.45, 7) is 2.53. The lowest BCUT2D eigenvalue weighted by Crippen LogP contribution is -2.13. The van der Waals surface area contributed by atoms with E-state index in [4.69, 9.17) is 27.4 Å². The lowest BCUT2D eigenvalue weighted by molar-refractivity contribution is 0.0759. The molecule has 0 aromatic carbocycles. The molecule has 0 unspecified atom stereocenters. The van der Waals surface area contributed by atoms with Crippen LogP contribution in [0.5, 0.6) is 0 Å². The van der Waals surface area contributed by atoms with Crippen LogP contribution < -0.4 is 11.1 Å². The Balaban J connectivity index is 2.21. The van der Waals surface area contributed by atoms with Crippen LogP contribution in [0.15, 0.2) is 18.3 Å².